The quantitative estimate of drug-likeness (QED) is 0.363. The molecule has 190 valence electrons. The third kappa shape index (κ3) is 5.80. The Hall–Kier alpha value is -3.57. The second-order valence-electron chi connectivity index (χ2n) is 8.33. The zero-order chi connectivity index (χ0) is 25.9. The van der Waals surface area contributed by atoms with Crippen LogP contribution in [0, 0.1) is 0 Å². The molecule has 1 aliphatic rings. The van der Waals surface area contributed by atoms with Gasteiger partial charge in [0.2, 0.25) is 10.0 Å². The van der Waals surface area contributed by atoms with Crippen LogP contribution in [0.3, 0.4) is 0 Å². The Bertz CT molecular complexity index is 1360. The van der Waals surface area contributed by atoms with Crippen molar-refractivity contribution in [2.45, 2.75) is 30.3 Å². The highest BCUT2D eigenvalue weighted by molar-refractivity contribution is 7.89. The van der Waals surface area contributed by atoms with Gasteiger partial charge >= 0.3 is 12.3 Å². The zero-order valence-corrected chi connectivity index (χ0v) is 19.9. The van der Waals surface area contributed by atoms with E-state index >= 15 is 0 Å². The van der Waals surface area contributed by atoms with Crippen molar-refractivity contribution in [1.29, 1.82) is 0 Å². The molecule has 0 saturated heterocycles. The molecular formula is C25H24F3N3O4S. The lowest BCUT2D eigenvalue weighted by Crippen LogP contribution is -2.28. The Labute approximate surface area is 206 Å². The van der Waals surface area contributed by atoms with E-state index in [9.17, 15) is 26.4 Å². The van der Waals surface area contributed by atoms with E-state index < -0.39 is 27.9 Å². The molecule has 1 amide bonds. The first kappa shape index (κ1) is 25.5. The first-order chi connectivity index (χ1) is 17.0. The first-order valence-corrected chi connectivity index (χ1v) is 12.7. The highest BCUT2D eigenvalue weighted by Crippen LogP contribution is 2.37. The molecule has 0 fully saturated rings. The highest BCUT2D eigenvalue weighted by atomic mass is 32.2. The van der Waals surface area contributed by atoms with Gasteiger partial charge < -0.3 is 10.0 Å². The number of aryl methyl sites for hydroxylation is 2. The Morgan fingerprint density at radius 1 is 0.944 bits per heavy atom. The summed E-state index contributed by atoms with van der Waals surface area (Å²) in [5.41, 5.74) is 3.44. The molecular weight excluding hydrogens is 495 g/mol. The number of nitrogens with one attached hydrogen (secondary N) is 2. The van der Waals surface area contributed by atoms with Crippen LogP contribution in [-0.2, 0) is 29.0 Å². The number of halogens is 3. The second kappa shape index (κ2) is 10.2. The summed E-state index contributed by atoms with van der Waals surface area (Å²) >= 11 is 0. The van der Waals surface area contributed by atoms with Crippen LogP contribution in [0.25, 0.3) is 0 Å². The van der Waals surface area contributed by atoms with Crippen LogP contribution in [-0.4, -0.2) is 32.7 Å². The molecule has 0 atom stereocenters. The number of amides is 1. The van der Waals surface area contributed by atoms with E-state index in [0.717, 1.165) is 59.6 Å². The van der Waals surface area contributed by atoms with Crippen molar-refractivity contribution in [3.8, 4) is 0 Å². The van der Waals surface area contributed by atoms with Crippen molar-refractivity contribution in [2.24, 2.45) is 0 Å². The van der Waals surface area contributed by atoms with E-state index in [2.05, 4.69) is 10.0 Å². The van der Waals surface area contributed by atoms with Gasteiger partial charge in [0.05, 0.1) is 10.5 Å². The van der Waals surface area contributed by atoms with Crippen molar-refractivity contribution in [2.75, 3.05) is 23.3 Å². The first-order valence-electron chi connectivity index (χ1n) is 11.2. The van der Waals surface area contributed by atoms with Gasteiger partial charge in [0, 0.05) is 30.2 Å². The topological polar surface area (TPSA) is 98.7 Å². The van der Waals surface area contributed by atoms with Crippen LogP contribution in [0.1, 0.15) is 23.1 Å². The molecule has 0 spiro atoms. The molecule has 0 bridgehead atoms. The van der Waals surface area contributed by atoms with Crippen LogP contribution in [0.4, 0.5) is 35.0 Å². The van der Waals surface area contributed by atoms with Crippen molar-refractivity contribution >= 4 is 33.2 Å². The predicted octanol–water partition coefficient (Wildman–Crippen LogP) is 5.40. The number of sulfonamides is 1. The van der Waals surface area contributed by atoms with Crippen LogP contribution < -0.4 is 14.9 Å². The summed E-state index contributed by atoms with van der Waals surface area (Å²) in [6.07, 6.45) is -3.77. The number of alkyl halides is 3. The molecule has 7 nitrogen and oxygen atoms in total. The zero-order valence-electron chi connectivity index (χ0n) is 19.0. The maximum atomic E-state index is 12.8. The average molecular weight is 520 g/mol. The third-order valence-corrected chi connectivity index (χ3v) is 7.39. The highest BCUT2D eigenvalue weighted by Gasteiger charge is 2.30. The molecule has 36 heavy (non-hydrogen) atoms. The number of para-hydroxylation sites is 1. The summed E-state index contributed by atoms with van der Waals surface area (Å²) in [5, 5.41) is 11.5. The maximum Gasteiger partial charge on any atom is 0.416 e. The van der Waals surface area contributed by atoms with Gasteiger partial charge in [-0.2, -0.15) is 13.2 Å². The lowest BCUT2D eigenvalue weighted by Gasteiger charge is -2.27. The summed E-state index contributed by atoms with van der Waals surface area (Å²) in [4.78, 5) is 12.9. The molecule has 0 aliphatic carbocycles. The smallest absolute Gasteiger partial charge is 0.416 e. The van der Waals surface area contributed by atoms with Crippen LogP contribution in [0.5, 0.6) is 0 Å². The Balaban J connectivity index is 1.50. The molecule has 11 heteroatoms. The van der Waals surface area contributed by atoms with Gasteiger partial charge in [-0.25, -0.2) is 17.9 Å². The fourth-order valence-electron chi connectivity index (χ4n) is 4.20. The molecule has 1 heterocycles. The summed E-state index contributed by atoms with van der Waals surface area (Å²) in [6, 6.07) is 16.5. The number of rotatable bonds is 7. The van der Waals surface area contributed by atoms with Crippen molar-refractivity contribution in [3.05, 3.63) is 83.4 Å². The van der Waals surface area contributed by atoms with Gasteiger partial charge in [0.25, 0.3) is 0 Å². The summed E-state index contributed by atoms with van der Waals surface area (Å²) in [5.74, 6) is 0. The number of carbonyl (C=O) groups is 1. The number of hydrogen-bond acceptors (Lipinski definition) is 4. The van der Waals surface area contributed by atoms with Gasteiger partial charge in [-0.15, -0.1) is 0 Å². The standard InChI is InChI=1S/C25H24F3N3O4S/c26-25(27,28)19-9-12-21(13-10-19)36(34,35)29-14-3-15-31-22-5-2-1-4-17(22)6-7-18-8-11-20(16-23(18)31)30-24(32)33/h1-2,4-5,8-13,16,29-30H,3,6-7,14-15H2,(H,32,33). The Kier molecular flexibility index (Phi) is 7.23. The monoisotopic (exact) mass is 519 g/mol. The largest absolute Gasteiger partial charge is 0.465 e. The minimum absolute atomic E-state index is 0.0599. The molecule has 0 saturated carbocycles. The lowest BCUT2D eigenvalue weighted by molar-refractivity contribution is -0.137. The van der Waals surface area contributed by atoms with E-state index in [1.165, 1.54) is 0 Å². The Morgan fingerprint density at radius 3 is 2.28 bits per heavy atom. The maximum absolute atomic E-state index is 12.8. The third-order valence-electron chi connectivity index (χ3n) is 5.92. The Morgan fingerprint density at radius 2 is 1.61 bits per heavy atom. The lowest BCUT2D eigenvalue weighted by atomic mass is 10.0. The number of benzene rings is 3. The van der Waals surface area contributed by atoms with Gasteiger partial charge in [-0.1, -0.05) is 24.3 Å². The summed E-state index contributed by atoms with van der Waals surface area (Å²) in [6.45, 7) is 0.487. The van der Waals surface area contributed by atoms with E-state index in [1.54, 1.807) is 12.1 Å². The van der Waals surface area contributed by atoms with Crippen LogP contribution in [0.2, 0.25) is 0 Å². The summed E-state index contributed by atoms with van der Waals surface area (Å²) in [7, 11) is -3.99. The molecule has 4 rings (SSSR count). The summed E-state index contributed by atoms with van der Waals surface area (Å²) < 4.78 is 65.9. The second-order valence-corrected chi connectivity index (χ2v) is 10.1. The molecule has 1 aliphatic heterocycles. The minimum atomic E-state index is -4.55. The van der Waals surface area contributed by atoms with Gasteiger partial charge in [-0.05, 0) is 72.9 Å². The number of anilines is 3. The fraction of sp³-hybridized carbons (Fsp3) is 0.240. The van der Waals surface area contributed by atoms with E-state index in [4.69, 9.17) is 5.11 Å². The van der Waals surface area contributed by atoms with E-state index in [0.29, 0.717) is 18.7 Å². The molecule has 0 unspecified atom stereocenters. The SMILES string of the molecule is O=C(O)Nc1ccc2c(c1)N(CCCNS(=O)(=O)c1ccc(C(F)(F)F)cc1)c1ccccc1CC2. The number of nitrogens with zero attached hydrogens (tertiary/aromatic N) is 1. The van der Waals surface area contributed by atoms with Gasteiger partial charge in [0.15, 0.2) is 0 Å². The molecule has 3 N–H and O–H groups in total. The van der Waals surface area contributed by atoms with Gasteiger partial charge in [0.1, 0.15) is 0 Å². The van der Waals surface area contributed by atoms with Crippen LogP contribution in [0.15, 0.2) is 71.6 Å². The van der Waals surface area contributed by atoms with Crippen LogP contribution >= 0.6 is 0 Å². The molecule has 3 aromatic carbocycles. The fourth-order valence-corrected chi connectivity index (χ4v) is 5.28. The minimum Gasteiger partial charge on any atom is -0.465 e. The predicted molar refractivity (Wildman–Crippen MR) is 130 cm³/mol. The average Bonchev–Trinajstić information content (AvgIpc) is 2.98. The number of carboxylic acid groups (broad SMARTS) is 1. The van der Waals surface area contributed by atoms with Gasteiger partial charge in [-0.3, -0.25) is 5.32 Å². The molecule has 3 aromatic rings. The van der Waals surface area contributed by atoms with E-state index in [-0.39, 0.29) is 11.4 Å². The van der Waals surface area contributed by atoms with Crippen molar-refractivity contribution in [1.82, 2.24) is 4.72 Å². The molecule has 0 radical (unpaired) electrons. The molecule has 0 aromatic heterocycles. The number of hydrogen-bond donors (Lipinski definition) is 3. The van der Waals surface area contributed by atoms with Crippen molar-refractivity contribution in [3.63, 3.8) is 0 Å². The normalized spacial score (nSPS) is 13.5. The van der Waals surface area contributed by atoms with E-state index in [1.807, 2.05) is 35.2 Å². The number of fused-ring (bicyclic) bond motifs is 2. The van der Waals surface area contributed by atoms with Crippen molar-refractivity contribution < 1.29 is 31.5 Å².